The number of pyridine rings is 1. The highest BCUT2D eigenvalue weighted by molar-refractivity contribution is 6.06. The van der Waals surface area contributed by atoms with Gasteiger partial charge in [-0.05, 0) is 17.7 Å². The Morgan fingerprint density at radius 2 is 2.07 bits per heavy atom. The van der Waals surface area contributed by atoms with E-state index in [4.69, 9.17) is 5.73 Å². The van der Waals surface area contributed by atoms with Crippen molar-refractivity contribution in [3.05, 3.63) is 42.2 Å². The highest BCUT2D eigenvalue weighted by atomic mass is 14.7. The van der Waals surface area contributed by atoms with E-state index >= 15 is 0 Å². The lowest BCUT2D eigenvalue weighted by Gasteiger charge is -1.95. The molecule has 0 aliphatic rings. The number of aromatic nitrogens is 2. The van der Waals surface area contributed by atoms with Crippen LogP contribution < -0.4 is 5.73 Å². The zero-order valence-electron chi connectivity index (χ0n) is 8.20. The summed E-state index contributed by atoms with van der Waals surface area (Å²) < 4.78 is 0. The van der Waals surface area contributed by atoms with Crippen LogP contribution in [0, 0.1) is 0 Å². The van der Waals surface area contributed by atoms with E-state index in [0.717, 1.165) is 22.0 Å². The van der Waals surface area contributed by atoms with Crippen LogP contribution in [-0.4, -0.2) is 9.97 Å². The first kappa shape index (κ1) is 8.44. The maximum atomic E-state index is 5.61. The fourth-order valence-electron chi connectivity index (χ4n) is 1.92. The number of rotatable bonds is 1. The second-order valence-corrected chi connectivity index (χ2v) is 3.63. The molecule has 0 saturated carbocycles. The molecule has 0 fully saturated rings. The third-order valence-electron chi connectivity index (χ3n) is 2.70. The van der Waals surface area contributed by atoms with Crippen molar-refractivity contribution < 1.29 is 0 Å². The zero-order valence-corrected chi connectivity index (χ0v) is 8.20. The van der Waals surface area contributed by atoms with Crippen molar-refractivity contribution in [2.75, 3.05) is 0 Å². The summed E-state index contributed by atoms with van der Waals surface area (Å²) in [7, 11) is 0. The number of hydrogen-bond acceptors (Lipinski definition) is 2. The lowest BCUT2D eigenvalue weighted by Crippen LogP contribution is -1.94. The summed E-state index contributed by atoms with van der Waals surface area (Å²) in [6, 6.07) is 8.23. The summed E-state index contributed by atoms with van der Waals surface area (Å²) in [5.74, 6) is 0. The van der Waals surface area contributed by atoms with Gasteiger partial charge in [0.2, 0.25) is 0 Å². The predicted molar refractivity (Wildman–Crippen MR) is 61.5 cm³/mol. The molecule has 0 aliphatic heterocycles. The highest BCUT2D eigenvalue weighted by Crippen LogP contribution is 2.24. The topological polar surface area (TPSA) is 54.7 Å². The van der Waals surface area contributed by atoms with E-state index in [2.05, 4.69) is 28.2 Å². The molecule has 74 valence electrons. The van der Waals surface area contributed by atoms with E-state index in [0.29, 0.717) is 6.54 Å². The standard InChI is InChI=1S/C12H11N3/c13-6-8-1-2-9-10-7-14-4-3-11(10)15-12(9)5-8/h1-5,7,15H,6,13H2. The zero-order chi connectivity index (χ0) is 10.3. The normalized spacial score (nSPS) is 11.3. The van der Waals surface area contributed by atoms with Gasteiger partial charge in [0, 0.05) is 40.7 Å². The molecule has 3 aromatic rings. The molecule has 3 rings (SSSR count). The Hall–Kier alpha value is -1.87. The van der Waals surface area contributed by atoms with Crippen molar-refractivity contribution in [2.45, 2.75) is 6.54 Å². The van der Waals surface area contributed by atoms with Crippen LogP contribution >= 0.6 is 0 Å². The van der Waals surface area contributed by atoms with E-state index in [-0.39, 0.29) is 0 Å². The van der Waals surface area contributed by atoms with Crippen LogP contribution in [0.25, 0.3) is 21.8 Å². The average molecular weight is 197 g/mol. The lowest BCUT2D eigenvalue weighted by molar-refractivity contribution is 1.07. The molecule has 0 radical (unpaired) electrons. The van der Waals surface area contributed by atoms with E-state index in [1.54, 1.807) is 6.20 Å². The summed E-state index contributed by atoms with van der Waals surface area (Å²) >= 11 is 0. The van der Waals surface area contributed by atoms with Crippen molar-refractivity contribution >= 4 is 21.8 Å². The molecular weight excluding hydrogens is 186 g/mol. The van der Waals surface area contributed by atoms with Crippen molar-refractivity contribution in [3.8, 4) is 0 Å². The van der Waals surface area contributed by atoms with Crippen LogP contribution in [0.3, 0.4) is 0 Å². The molecule has 0 bridgehead atoms. The Bertz CT molecular complexity index is 625. The molecule has 3 N–H and O–H groups in total. The molecule has 1 aromatic carbocycles. The van der Waals surface area contributed by atoms with Crippen LogP contribution in [0.4, 0.5) is 0 Å². The molecule has 0 unspecified atom stereocenters. The number of nitrogens with two attached hydrogens (primary N) is 1. The summed E-state index contributed by atoms with van der Waals surface area (Å²) in [5, 5.41) is 2.37. The summed E-state index contributed by atoms with van der Waals surface area (Å²) in [5.41, 5.74) is 9.00. The molecule has 2 aromatic heterocycles. The van der Waals surface area contributed by atoms with Gasteiger partial charge in [0.15, 0.2) is 0 Å². The fraction of sp³-hybridized carbons (Fsp3) is 0.0833. The number of H-pyrrole nitrogens is 1. The van der Waals surface area contributed by atoms with E-state index < -0.39 is 0 Å². The average Bonchev–Trinajstić information content (AvgIpc) is 2.66. The van der Waals surface area contributed by atoms with Gasteiger partial charge in [-0.1, -0.05) is 12.1 Å². The maximum Gasteiger partial charge on any atom is 0.0495 e. The van der Waals surface area contributed by atoms with Crippen molar-refractivity contribution in [1.82, 2.24) is 9.97 Å². The molecule has 3 heteroatoms. The fourth-order valence-corrected chi connectivity index (χ4v) is 1.92. The number of benzene rings is 1. The van der Waals surface area contributed by atoms with Crippen LogP contribution in [-0.2, 0) is 6.54 Å². The Morgan fingerprint density at radius 1 is 1.13 bits per heavy atom. The highest BCUT2D eigenvalue weighted by Gasteiger charge is 2.03. The molecule has 0 spiro atoms. The number of hydrogen-bond donors (Lipinski definition) is 2. The minimum absolute atomic E-state index is 0.573. The SMILES string of the molecule is NCc1ccc2c(c1)[nH]c1ccncc12. The predicted octanol–water partition coefficient (Wildman–Crippen LogP) is 2.17. The molecule has 15 heavy (non-hydrogen) atoms. The second-order valence-electron chi connectivity index (χ2n) is 3.63. The molecule has 0 atom stereocenters. The smallest absolute Gasteiger partial charge is 0.0495 e. The van der Waals surface area contributed by atoms with E-state index in [9.17, 15) is 0 Å². The van der Waals surface area contributed by atoms with Crippen molar-refractivity contribution in [2.24, 2.45) is 5.73 Å². The van der Waals surface area contributed by atoms with Gasteiger partial charge < -0.3 is 10.7 Å². The maximum absolute atomic E-state index is 5.61. The Labute approximate surface area is 86.9 Å². The molecule has 0 aliphatic carbocycles. The second kappa shape index (κ2) is 3.07. The first-order valence-electron chi connectivity index (χ1n) is 4.93. The minimum Gasteiger partial charge on any atom is -0.354 e. The van der Waals surface area contributed by atoms with E-state index in [1.807, 2.05) is 12.3 Å². The summed E-state index contributed by atoms with van der Waals surface area (Å²) in [6.45, 7) is 0.573. The van der Waals surface area contributed by atoms with Gasteiger partial charge in [-0.15, -0.1) is 0 Å². The summed E-state index contributed by atoms with van der Waals surface area (Å²) in [4.78, 5) is 7.49. The van der Waals surface area contributed by atoms with Crippen LogP contribution in [0.15, 0.2) is 36.7 Å². The third-order valence-corrected chi connectivity index (χ3v) is 2.70. The van der Waals surface area contributed by atoms with Crippen LogP contribution in [0.1, 0.15) is 5.56 Å². The molecule has 0 amide bonds. The Balaban J connectivity index is 2.43. The quantitative estimate of drug-likeness (QED) is 0.628. The van der Waals surface area contributed by atoms with Crippen molar-refractivity contribution in [3.63, 3.8) is 0 Å². The lowest BCUT2D eigenvalue weighted by atomic mass is 10.1. The number of nitrogens with one attached hydrogen (secondary N) is 1. The van der Waals surface area contributed by atoms with Gasteiger partial charge in [-0.25, -0.2) is 0 Å². The van der Waals surface area contributed by atoms with E-state index in [1.165, 1.54) is 5.39 Å². The molecule has 3 nitrogen and oxygen atoms in total. The van der Waals surface area contributed by atoms with Crippen LogP contribution in [0.2, 0.25) is 0 Å². The van der Waals surface area contributed by atoms with Gasteiger partial charge in [0.05, 0.1) is 0 Å². The summed E-state index contributed by atoms with van der Waals surface area (Å²) in [6.07, 6.45) is 3.68. The molecular formula is C12H11N3. The van der Waals surface area contributed by atoms with Gasteiger partial charge in [-0.3, -0.25) is 4.98 Å². The van der Waals surface area contributed by atoms with Gasteiger partial charge in [0.25, 0.3) is 0 Å². The molecule has 0 saturated heterocycles. The minimum atomic E-state index is 0.573. The van der Waals surface area contributed by atoms with Crippen molar-refractivity contribution in [1.29, 1.82) is 0 Å². The molecule has 2 heterocycles. The first-order valence-corrected chi connectivity index (χ1v) is 4.93. The monoisotopic (exact) mass is 197 g/mol. The van der Waals surface area contributed by atoms with Crippen LogP contribution in [0.5, 0.6) is 0 Å². The third kappa shape index (κ3) is 1.21. The van der Waals surface area contributed by atoms with Gasteiger partial charge in [-0.2, -0.15) is 0 Å². The largest absolute Gasteiger partial charge is 0.354 e. The number of fused-ring (bicyclic) bond motifs is 3. The van der Waals surface area contributed by atoms with Gasteiger partial charge in [0.1, 0.15) is 0 Å². The first-order chi connectivity index (χ1) is 7.38. The number of nitrogens with zero attached hydrogens (tertiary/aromatic N) is 1. The Morgan fingerprint density at radius 3 is 2.93 bits per heavy atom. The Kier molecular flexibility index (Phi) is 1.73. The van der Waals surface area contributed by atoms with Gasteiger partial charge >= 0.3 is 0 Å². The number of aromatic amines is 1.